The van der Waals surface area contributed by atoms with Gasteiger partial charge in [0.15, 0.2) is 6.61 Å². The van der Waals surface area contributed by atoms with Gasteiger partial charge in [0.1, 0.15) is 5.75 Å². The molecule has 1 aromatic heterocycles. The zero-order valence-corrected chi connectivity index (χ0v) is 14.4. The van der Waals surface area contributed by atoms with Crippen LogP contribution in [-0.2, 0) is 4.79 Å². The monoisotopic (exact) mass is 368 g/mol. The summed E-state index contributed by atoms with van der Waals surface area (Å²) in [6, 6.07) is 8.35. The quantitative estimate of drug-likeness (QED) is 0.801. The summed E-state index contributed by atoms with van der Waals surface area (Å²) in [5.41, 5.74) is 2.62. The van der Waals surface area contributed by atoms with Crippen molar-refractivity contribution in [3.05, 3.63) is 47.7 Å². The van der Waals surface area contributed by atoms with Crippen LogP contribution in [0.25, 0.3) is 0 Å². The highest BCUT2D eigenvalue weighted by molar-refractivity contribution is 5.90. The number of carbonyl (C=O) groups excluding carboxylic acids is 1. The molecule has 5 nitrogen and oxygen atoms in total. The highest BCUT2D eigenvalue weighted by atomic mass is 19.4. The van der Waals surface area contributed by atoms with Crippen LogP contribution in [0, 0.1) is 13.8 Å². The number of amides is 1. The van der Waals surface area contributed by atoms with Crippen LogP contribution in [0.3, 0.4) is 0 Å². The summed E-state index contributed by atoms with van der Waals surface area (Å²) in [4.78, 5) is 15.6. The molecule has 2 aromatic rings. The highest BCUT2D eigenvalue weighted by Gasteiger charge is 2.28. The summed E-state index contributed by atoms with van der Waals surface area (Å²) in [6.45, 7) is 2.76. The van der Waals surface area contributed by atoms with E-state index in [0.717, 1.165) is 11.1 Å². The minimum absolute atomic E-state index is 0.124. The standard InChI is InChI=1S/C18H19F3N2O3/c1-12-3-5-15(9-13(12)2)25-8-7-16(24)23-14-4-6-17(22-10-14)26-11-18(19,20)21/h3-6,9-10H,7-8,11H2,1-2H3,(H,23,24). The third-order valence-electron chi connectivity index (χ3n) is 3.48. The van der Waals surface area contributed by atoms with Crippen molar-refractivity contribution in [3.8, 4) is 11.6 Å². The van der Waals surface area contributed by atoms with Crippen molar-refractivity contribution in [1.82, 2.24) is 4.98 Å². The molecule has 0 fully saturated rings. The van der Waals surface area contributed by atoms with Crippen LogP contribution in [0.4, 0.5) is 18.9 Å². The molecule has 1 amide bonds. The Bertz CT molecular complexity index is 746. The van der Waals surface area contributed by atoms with Crippen LogP contribution in [0.1, 0.15) is 17.5 Å². The normalized spacial score (nSPS) is 11.1. The topological polar surface area (TPSA) is 60.5 Å². The number of nitrogens with zero attached hydrogens (tertiary/aromatic N) is 1. The highest BCUT2D eigenvalue weighted by Crippen LogP contribution is 2.18. The lowest BCUT2D eigenvalue weighted by atomic mass is 10.1. The van der Waals surface area contributed by atoms with Crippen molar-refractivity contribution < 1.29 is 27.4 Å². The van der Waals surface area contributed by atoms with Crippen LogP contribution in [0.5, 0.6) is 11.6 Å². The van der Waals surface area contributed by atoms with Gasteiger partial charge in [0.2, 0.25) is 11.8 Å². The Morgan fingerprint density at radius 3 is 2.50 bits per heavy atom. The molecular weight excluding hydrogens is 349 g/mol. The third kappa shape index (κ3) is 6.62. The SMILES string of the molecule is Cc1ccc(OCCC(=O)Nc2ccc(OCC(F)(F)F)nc2)cc1C. The Balaban J connectivity index is 1.76. The van der Waals surface area contributed by atoms with Gasteiger partial charge in [-0.15, -0.1) is 0 Å². The number of alkyl halides is 3. The van der Waals surface area contributed by atoms with Crippen molar-refractivity contribution in [2.45, 2.75) is 26.4 Å². The first-order chi connectivity index (χ1) is 12.2. The number of hydrogen-bond acceptors (Lipinski definition) is 4. The van der Waals surface area contributed by atoms with E-state index in [1.807, 2.05) is 32.0 Å². The Labute approximate surface area is 149 Å². The number of aryl methyl sites for hydroxylation is 2. The van der Waals surface area contributed by atoms with Gasteiger partial charge in [-0.2, -0.15) is 13.2 Å². The fourth-order valence-corrected chi connectivity index (χ4v) is 1.98. The summed E-state index contributed by atoms with van der Waals surface area (Å²) >= 11 is 0. The van der Waals surface area contributed by atoms with Crippen molar-refractivity contribution in [3.63, 3.8) is 0 Å². The summed E-state index contributed by atoms with van der Waals surface area (Å²) < 4.78 is 46.2. The first-order valence-electron chi connectivity index (χ1n) is 7.88. The van der Waals surface area contributed by atoms with Gasteiger partial charge in [-0.3, -0.25) is 4.79 Å². The fraction of sp³-hybridized carbons (Fsp3) is 0.333. The van der Waals surface area contributed by atoms with Crippen LogP contribution >= 0.6 is 0 Å². The molecule has 26 heavy (non-hydrogen) atoms. The molecule has 0 unspecified atom stereocenters. The minimum Gasteiger partial charge on any atom is -0.493 e. The molecule has 0 aliphatic heterocycles. The second kappa shape index (κ2) is 8.55. The van der Waals surface area contributed by atoms with Gasteiger partial charge in [0.05, 0.1) is 24.9 Å². The van der Waals surface area contributed by atoms with E-state index in [9.17, 15) is 18.0 Å². The molecule has 1 heterocycles. The maximum atomic E-state index is 12.1. The number of aromatic nitrogens is 1. The zero-order valence-electron chi connectivity index (χ0n) is 14.4. The van der Waals surface area contributed by atoms with Crippen LogP contribution in [-0.4, -0.2) is 30.3 Å². The Kier molecular flexibility index (Phi) is 6.43. The number of carbonyl (C=O) groups is 1. The molecular formula is C18H19F3N2O3. The Hall–Kier alpha value is -2.77. The molecule has 0 atom stereocenters. The summed E-state index contributed by atoms with van der Waals surface area (Å²) in [6.07, 6.45) is -3.07. The largest absolute Gasteiger partial charge is 0.493 e. The Morgan fingerprint density at radius 2 is 1.88 bits per heavy atom. The predicted molar refractivity (Wildman–Crippen MR) is 90.4 cm³/mol. The number of pyridine rings is 1. The van der Waals surface area contributed by atoms with Crippen LogP contribution in [0.15, 0.2) is 36.5 Å². The molecule has 8 heteroatoms. The molecule has 1 N–H and O–H groups in total. The average molecular weight is 368 g/mol. The van der Waals surface area contributed by atoms with Gasteiger partial charge in [0, 0.05) is 6.07 Å². The first kappa shape index (κ1) is 19.6. The lowest BCUT2D eigenvalue weighted by Crippen LogP contribution is -2.19. The maximum Gasteiger partial charge on any atom is 0.422 e. The molecule has 0 bridgehead atoms. The summed E-state index contributed by atoms with van der Waals surface area (Å²) in [5.74, 6) is 0.228. The van der Waals surface area contributed by atoms with Gasteiger partial charge in [-0.1, -0.05) is 6.07 Å². The fourth-order valence-electron chi connectivity index (χ4n) is 1.98. The van der Waals surface area contributed by atoms with Gasteiger partial charge in [-0.05, 0) is 43.2 Å². The number of rotatable bonds is 7. The van der Waals surface area contributed by atoms with E-state index in [1.54, 1.807) is 0 Å². The Morgan fingerprint density at radius 1 is 1.12 bits per heavy atom. The van der Waals surface area contributed by atoms with E-state index in [0.29, 0.717) is 11.4 Å². The minimum atomic E-state index is -4.43. The van der Waals surface area contributed by atoms with Gasteiger partial charge >= 0.3 is 6.18 Å². The lowest BCUT2D eigenvalue weighted by Gasteiger charge is -2.10. The molecule has 0 radical (unpaired) electrons. The van der Waals surface area contributed by atoms with Crippen LogP contribution < -0.4 is 14.8 Å². The van der Waals surface area contributed by atoms with E-state index < -0.39 is 12.8 Å². The van der Waals surface area contributed by atoms with E-state index >= 15 is 0 Å². The second-order valence-corrected chi connectivity index (χ2v) is 5.68. The third-order valence-corrected chi connectivity index (χ3v) is 3.48. The number of anilines is 1. The van der Waals surface area contributed by atoms with Gasteiger partial charge < -0.3 is 14.8 Å². The molecule has 0 saturated carbocycles. The smallest absolute Gasteiger partial charge is 0.422 e. The van der Waals surface area contributed by atoms with E-state index in [-0.39, 0.29) is 24.8 Å². The lowest BCUT2D eigenvalue weighted by molar-refractivity contribution is -0.154. The molecule has 140 valence electrons. The molecule has 0 aliphatic carbocycles. The van der Waals surface area contributed by atoms with Crippen molar-refractivity contribution >= 4 is 11.6 Å². The first-order valence-corrected chi connectivity index (χ1v) is 7.88. The molecule has 0 spiro atoms. The summed E-state index contributed by atoms with van der Waals surface area (Å²) in [5, 5.41) is 2.59. The second-order valence-electron chi connectivity index (χ2n) is 5.68. The van der Waals surface area contributed by atoms with E-state index in [4.69, 9.17) is 4.74 Å². The van der Waals surface area contributed by atoms with Gasteiger partial charge in [-0.25, -0.2) is 4.98 Å². The van der Waals surface area contributed by atoms with Gasteiger partial charge in [0.25, 0.3) is 0 Å². The number of benzene rings is 1. The van der Waals surface area contributed by atoms with Crippen LogP contribution in [0.2, 0.25) is 0 Å². The molecule has 1 aromatic carbocycles. The van der Waals surface area contributed by atoms with E-state index in [1.165, 1.54) is 18.3 Å². The molecule has 0 saturated heterocycles. The van der Waals surface area contributed by atoms with Crippen molar-refractivity contribution in [2.24, 2.45) is 0 Å². The average Bonchev–Trinajstić information content (AvgIpc) is 2.57. The number of nitrogens with one attached hydrogen (secondary N) is 1. The summed E-state index contributed by atoms with van der Waals surface area (Å²) in [7, 11) is 0. The number of ether oxygens (including phenoxy) is 2. The number of halogens is 3. The number of hydrogen-bond donors (Lipinski definition) is 1. The maximum absolute atomic E-state index is 12.1. The van der Waals surface area contributed by atoms with Crippen molar-refractivity contribution in [1.29, 1.82) is 0 Å². The predicted octanol–water partition coefficient (Wildman–Crippen LogP) is 4.05. The van der Waals surface area contributed by atoms with E-state index in [2.05, 4.69) is 15.0 Å². The molecule has 0 aliphatic rings. The molecule has 2 rings (SSSR count). The zero-order chi connectivity index (χ0) is 19.2. The van der Waals surface area contributed by atoms with Crippen molar-refractivity contribution in [2.75, 3.05) is 18.5 Å².